The van der Waals surface area contributed by atoms with E-state index in [0.717, 1.165) is 6.07 Å². The highest BCUT2D eigenvalue weighted by Gasteiger charge is 2.83. The van der Waals surface area contributed by atoms with E-state index < -0.39 is 35.3 Å². The van der Waals surface area contributed by atoms with E-state index >= 15 is 0 Å². The highest BCUT2D eigenvalue weighted by atomic mass is 19.4. The Morgan fingerprint density at radius 3 is 1.81 bits per heavy atom. The summed E-state index contributed by atoms with van der Waals surface area (Å²) in [6, 6.07) is 6.30. The van der Waals surface area contributed by atoms with Crippen molar-refractivity contribution in [3.05, 3.63) is 42.0 Å². The molecule has 2 aromatic carbocycles. The van der Waals surface area contributed by atoms with Crippen molar-refractivity contribution in [2.45, 2.75) is 23.9 Å². The minimum atomic E-state index is -7.12. The molecule has 0 bridgehead atoms. The summed E-state index contributed by atoms with van der Waals surface area (Å²) in [5.41, 5.74) is -1.16. The van der Waals surface area contributed by atoms with Gasteiger partial charge in [-0.3, -0.25) is 4.79 Å². The number of halogens is 9. The molecule has 148 valence electrons. The first-order chi connectivity index (χ1) is 12.2. The first-order valence-corrected chi connectivity index (χ1v) is 6.99. The van der Waals surface area contributed by atoms with E-state index in [1.807, 2.05) is 0 Å². The second-order valence-electron chi connectivity index (χ2n) is 5.48. The monoisotopic (exact) mass is 404 g/mol. The zero-order chi connectivity index (χ0) is 20.8. The third kappa shape index (κ3) is 3.19. The van der Waals surface area contributed by atoms with Crippen molar-refractivity contribution in [3.8, 4) is 5.75 Å². The molecule has 0 fully saturated rings. The first-order valence-electron chi connectivity index (χ1n) is 6.99. The summed E-state index contributed by atoms with van der Waals surface area (Å²) in [7, 11) is 1.32. The number of Topliss-reactive ketones (excluding diaryl/α,β-unsaturated/α-hetero) is 1. The Balaban J connectivity index is 2.50. The van der Waals surface area contributed by atoms with E-state index in [9.17, 15) is 44.3 Å². The zero-order valence-electron chi connectivity index (χ0n) is 13.2. The van der Waals surface area contributed by atoms with Gasteiger partial charge in [-0.1, -0.05) is 18.2 Å². The van der Waals surface area contributed by atoms with E-state index in [2.05, 4.69) is 0 Å². The van der Waals surface area contributed by atoms with Gasteiger partial charge in [0.15, 0.2) is 0 Å². The van der Waals surface area contributed by atoms with Crippen LogP contribution < -0.4 is 4.74 Å². The molecule has 0 radical (unpaired) electrons. The quantitative estimate of drug-likeness (QED) is 0.486. The fraction of sp³-hybridized carbons (Fsp3) is 0.312. The number of ether oxygens (including phenoxy) is 1. The summed E-state index contributed by atoms with van der Waals surface area (Å²) >= 11 is 0. The van der Waals surface area contributed by atoms with E-state index in [4.69, 9.17) is 4.74 Å². The third-order valence-corrected chi connectivity index (χ3v) is 3.74. The number of rotatable bonds is 5. The van der Waals surface area contributed by atoms with E-state index in [1.54, 1.807) is 0 Å². The zero-order valence-corrected chi connectivity index (χ0v) is 13.2. The van der Waals surface area contributed by atoms with Gasteiger partial charge in [-0.05, 0) is 29.0 Å². The normalized spacial score (nSPS) is 13.7. The Bertz CT molecular complexity index is 872. The molecular formula is C16H9F9O2. The van der Waals surface area contributed by atoms with E-state index in [0.29, 0.717) is 23.3 Å². The highest BCUT2D eigenvalue weighted by molar-refractivity contribution is 6.05. The Hall–Kier alpha value is -2.46. The second kappa shape index (κ2) is 6.31. The molecule has 0 N–H and O–H groups in total. The van der Waals surface area contributed by atoms with Crippen LogP contribution in [-0.2, 0) is 0 Å². The number of carbonyl (C=O) groups is 1. The van der Waals surface area contributed by atoms with Crippen molar-refractivity contribution in [2.24, 2.45) is 0 Å². The lowest BCUT2D eigenvalue weighted by molar-refractivity contribution is -0.386. The molecule has 0 spiro atoms. The van der Waals surface area contributed by atoms with Crippen molar-refractivity contribution in [3.63, 3.8) is 0 Å². The van der Waals surface area contributed by atoms with Crippen LogP contribution in [0.2, 0.25) is 0 Å². The molecule has 0 aliphatic rings. The van der Waals surface area contributed by atoms with Gasteiger partial charge in [0.1, 0.15) is 5.75 Å². The molecule has 2 rings (SSSR count). The van der Waals surface area contributed by atoms with Crippen LogP contribution in [-0.4, -0.2) is 36.8 Å². The molecule has 0 saturated heterocycles. The summed E-state index contributed by atoms with van der Waals surface area (Å²) in [6.45, 7) is 0. The van der Waals surface area contributed by atoms with Crippen LogP contribution in [0.25, 0.3) is 10.8 Å². The molecule has 0 aliphatic heterocycles. The number of methoxy groups -OCH3 is 1. The lowest BCUT2D eigenvalue weighted by Gasteiger charge is -2.32. The van der Waals surface area contributed by atoms with Gasteiger partial charge in [0.2, 0.25) is 5.78 Å². The molecule has 2 nitrogen and oxygen atoms in total. The number of ketones is 1. The van der Waals surface area contributed by atoms with E-state index in [1.165, 1.54) is 25.3 Å². The van der Waals surface area contributed by atoms with Crippen LogP contribution in [0.1, 0.15) is 10.4 Å². The van der Waals surface area contributed by atoms with Gasteiger partial charge < -0.3 is 4.74 Å². The molecule has 0 aliphatic carbocycles. The molecule has 0 unspecified atom stereocenters. The van der Waals surface area contributed by atoms with Gasteiger partial charge in [-0.2, -0.15) is 39.5 Å². The topological polar surface area (TPSA) is 26.3 Å². The summed E-state index contributed by atoms with van der Waals surface area (Å²) < 4.78 is 121. The number of fused-ring (bicyclic) bond motifs is 1. The lowest BCUT2D eigenvalue weighted by Crippen LogP contribution is -2.63. The van der Waals surface area contributed by atoms with Gasteiger partial charge in [0.25, 0.3) is 0 Å². The van der Waals surface area contributed by atoms with Crippen LogP contribution in [0.3, 0.4) is 0 Å². The molecule has 11 heteroatoms. The van der Waals surface area contributed by atoms with Gasteiger partial charge in [-0.25, -0.2) is 0 Å². The number of alkyl halides is 9. The standard InChI is InChI=1S/C16H9F9O2/c1-27-11-5-4-8-6-10(3-2-9(8)7-11)12(26)13(17,18)14(19,20)15(21,22)16(23,24)25/h2-7H,1H3. The Kier molecular flexibility index (Phi) is 4.87. The number of hydrogen-bond donors (Lipinski definition) is 0. The molecule has 0 atom stereocenters. The van der Waals surface area contributed by atoms with E-state index in [-0.39, 0.29) is 5.39 Å². The smallest absolute Gasteiger partial charge is 0.460 e. The first kappa shape index (κ1) is 20.8. The number of hydrogen-bond acceptors (Lipinski definition) is 2. The summed E-state index contributed by atoms with van der Waals surface area (Å²) in [5.74, 6) is -23.0. The molecule has 0 amide bonds. The van der Waals surface area contributed by atoms with Gasteiger partial charge in [0, 0.05) is 5.56 Å². The van der Waals surface area contributed by atoms with Crippen LogP contribution in [0.5, 0.6) is 5.75 Å². The maximum Gasteiger partial charge on any atom is 0.460 e. The maximum absolute atomic E-state index is 13.7. The maximum atomic E-state index is 13.7. The predicted molar refractivity (Wildman–Crippen MR) is 75.7 cm³/mol. The van der Waals surface area contributed by atoms with Crippen LogP contribution in [0, 0.1) is 0 Å². The SMILES string of the molecule is COc1ccc2cc(C(=O)C(F)(F)C(F)(F)C(F)(F)C(F)(F)F)ccc2c1. The van der Waals surface area contributed by atoms with Crippen molar-refractivity contribution in [1.82, 2.24) is 0 Å². The van der Waals surface area contributed by atoms with Crippen LogP contribution >= 0.6 is 0 Å². The highest BCUT2D eigenvalue weighted by Crippen LogP contribution is 2.53. The minimum Gasteiger partial charge on any atom is -0.497 e. The molecular weight excluding hydrogens is 395 g/mol. The molecule has 27 heavy (non-hydrogen) atoms. The molecule has 2 aromatic rings. The fourth-order valence-electron chi connectivity index (χ4n) is 2.19. The average molecular weight is 404 g/mol. The van der Waals surface area contributed by atoms with Crippen molar-refractivity contribution in [1.29, 1.82) is 0 Å². The summed E-state index contributed by atoms with van der Waals surface area (Å²) in [4.78, 5) is 11.7. The molecule has 0 heterocycles. The van der Waals surface area contributed by atoms with Gasteiger partial charge >= 0.3 is 23.9 Å². The third-order valence-electron chi connectivity index (χ3n) is 3.74. The Morgan fingerprint density at radius 2 is 1.30 bits per heavy atom. The lowest BCUT2D eigenvalue weighted by atomic mass is 9.94. The van der Waals surface area contributed by atoms with Crippen molar-refractivity contribution >= 4 is 16.6 Å². The number of carbonyl (C=O) groups excluding carboxylic acids is 1. The Morgan fingerprint density at radius 1 is 0.778 bits per heavy atom. The molecule has 0 aromatic heterocycles. The van der Waals surface area contributed by atoms with Crippen molar-refractivity contribution < 1.29 is 49.0 Å². The largest absolute Gasteiger partial charge is 0.497 e. The summed E-state index contributed by atoms with van der Waals surface area (Å²) in [5, 5.41) is 0.393. The summed E-state index contributed by atoms with van der Waals surface area (Å²) in [6.07, 6.45) is -6.99. The second-order valence-corrected chi connectivity index (χ2v) is 5.48. The van der Waals surface area contributed by atoms with Crippen LogP contribution in [0.15, 0.2) is 36.4 Å². The van der Waals surface area contributed by atoms with Gasteiger partial charge in [0.05, 0.1) is 7.11 Å². The fourth-order valence-corrected chi connectivity index (χ4v) is 2.19. The average Bonchev–Trinajstić information content (AvgIpc) is 2.58. The molecule has 0 saturated carbocycles. The predicted octanol–water partition coefficient (Wildman–Crippen LogP) is 5.50. The van der Waals surface area contributed by atoms with Gasteiger partial charge in [-0.15, -0.1) is 0 Å². The minimum absolute atomic E-state index is 0.0725. The number of benzene rings is 2. The van der Waals surface area contributed by atoms with Crippen molar-refractivity contribution in [2.75, 3.05) is 7.11 Å². The van der Waals surface area contributed by atoms with Crippen LogP contribution in [0.4, 0.5) is 39.5 Å². The Labute approximate surface area is 145 Å².